The zero-order chi connectivity index (χ0) is 15.2. The van der Waals surface area contributed by atoms with Crippen molar-refractivity contribution in [2.75, 3.05) is 0 Å². The molecule has 0 unspecified atom stereocenters. The van der Waals surface area contributed by atoms with Crippen LogP contribution in [-0.4, -0.2) is 10.9 Å². The zero-order valence-electron chi connectivity index (χ0n) is 12.1. The molecule has 108 valence electrons. The van der Waals surface area contributed by atoms with Crippen molar-refractivity contribution in [3.05, 3.63) is 90.3 Å². The third kappa shape index (κ3) is 3.38. The molecule has 0 aliphatic heterocycles. The van der Waals surface area contributed by atoms with Gasteiger partial charge in [0.05, 0.1) is 0 Å². The largest absolute Gasteiger partial charge is 0.348 e. The standard InChI is InChI=1S/C19H16N2O/c22-19(21-13-15-6-2-1-3-7-15)17-9-4-8-16(12-17)18-10-5-11-20-14-18/h1-12,14H,13H2,(H,21,22). The summed E-state index contributed by atoms with van der Waals surface area (Å²) >= 11 is 0. The summed E-state index contributed by atoms with van der Waals surface area (Å²) < 4.78 is 0. The number of carbonyl (C=O) groups is 1. The molecule has 0 radical (unpaired) electrons. The predicted molar refractivity (Wildman–Crippen MR) is 87.3 cm³/mol. The number of hydrogen-bond donors (Lipinski definition) is 1. The first-order valence-corrected chi connectivity index (χ1v) is 7.15. The highest BCUT2D eigenvalue weighted by Gasteiger charge is 2.07. The van der Waals surface area contributed by atoms with E-state index >= 15 is 0 Å². The summed E-state index contributed by atoms with van der Waals surface area (Å²) in [6.07, 6.45) is 3.53. The highest BCUT2D eigenvalue weighted by atomic mass is 16.1. The van der Waals surface area contributed by atoms with Crippen molar-refractivity contribution in [3.8, 4) is 11.1 Å². The molecule has 1 N–H and O–H groups in total. The molecule has 0 bridgehead atoms. The minimum atomic E-state index is -0.0745. The summed E-state index contributed by atoms with van der Waals surface area (Å²) in [4.78, 5) is 16.4. The average molecular weight is 288 g/mol. The van der Waals surface area contributed by atoms with E-state index in [1.54, 1.807) is 12.4 Å². The fourth-order valence-electron chi connectivity index (χ4n) is 2.25. The summed E-state index contributed by atoms with van der Waals surface area (Å²) in [5, 5.41) is 2.94. The van der Waals surface area contributed by atoms with E-state index in [-0.39, 0.29) is 5.91 Å². The van der Waals surface area contributed by atoms with Gasteiger partial charge in [0, 0.05) is 30.1 Å². The Hall–Kier alpha value is -2.94. The van der Waals surface area contributed by atoms with Crippen LogP contribution in [0.2, 0.25) is 0 Å². The van der Waals surface area contributed by atoms with Crippen LogP contribution in [0, 0.1) is 0 Å². The first-order valence-electron chi connectivity index (χ1n) is 7.15. The van der Waals surface area contributed by atoms with Gasteiger partial charge in [0.2, 0.25) is 0 Å². The third-order valence-corrected chi connectivity index (χ3v) is 3.42. The van der Waals surface area contributed by atoms with Crippen molar-refractivity contribution in [1.29, 1.82) is 0 Å². The molecule has 0 saturated carbocycles. The minimum absolute atomic E-state index is 0.0745. The fraction of sp³-hybridized carbons (Fsp3) is 0.0526. The van der Waals surface area contributed by atoms with E-state index in [0.29, 0.717) is 12.1 Å². The fourth-order valence-corrected chi connectivity index (χ4v) is 2.25. The van der Waals surface area contributed by atoms with Crippen LogP contribution in [0.25, 0.3) is 11.1 Å². The van der Waals surface area contributed by atoms with Gasteiger partial charge in [-0.05, 0) is 29.3 Å². The van der Waals surface area contributed by atoms with Gasteiger partial charge in [0.25, 0.3) is 5.91 Å². The Morgan fingerprint density at radius 2 is 1.73 bits per heavy atom. The quantitative estimate of drug-likeness (QED) is 0.795. The van der Waals surface area contributed by atoms with Gasteiger partial charge in [-0.25, -0.2) is 0 Å². The smallest absolute Gasteiger partial charge is 0.251 e. The summed E-state index contributed by atoms with van der Waals surface area (Å²) in [5.74, 6) is -0.0745. The average Bonchev–Trinajstić information content (AvgIpc) is 2.61. The van der Waals surface area contributed by atoms with Crippen molar-refractivity contribution < 1.29 is 4.79 Å². The molecule has 0 fully saturated rings. The van der Waals surface area contributed by atoms with E-state index in [2.05, 4.69) is 10.3 Å². The summed E-state index contributed by atoms with van der Waals surface area (Å²) in [5.41, 5.74) is 3.72. The van der Waals surface area contributed by atoms with Gasteiger partial charge in [-0.2, -0.15) is 0 Å². The van der Waals surface area contributed by atoms with E-state index in [9.17, 15) is 4.79 Å². The number of benzene rings is 2. The van der Waals surface area contributed by atoms with Gasteiger partial charge in [0.15, 0.2) is 0 Å². The van der Waals surface area contributed by atoms with Gasteiger partial charge in [-0.15, -0.1) is 0 Å². The molecule has 0 saturated heterocycles. The third-order valence-electron chi connectivity index (χ3n) is 3.42. The van der Waals surface area contributed by atoms with Crippen LogP contribution in [0.3, 0.4) is 0 Å². The number of nitrogens with one attached hydrogen (secondary N) is 1. The minimum Gasteiger partial charge on any atom is -0.348 e. The van der Waals surface area contributed by atoms with Crippen LogP contribution in [-0.2, 0) is 6.54 Å². The van der Waals surface area contributed by atoms with Crippen LogP contribution in [0.5, 0.6) is 0 Å². The Balaban J connectivity index is 1.73. The van der Waals surface area contributed by atoms with E-state index < -0.39 is 0 Å². The van der Waals surface area contributed by atoms with Gasteiger partial charge in [-0.3, -0.25) is 9.78 Å². The van der Waals surface area contributed by atoms with Gasteiger partial charge in [-0.1, -0.05) is 48.5 Å². The highest BCUT2D eigenvalue weighted by Crippen LogP contribution is 2.19. The SMILES string of the molecule is O=C(NCc1ccccc1)c1cccc(-c2cccnc2)c1. The Labute approximate surface area is 129 Å². The molecule has 2 aromatic carbocycles. The zero-order valence-corrected chi connectivity index (χ0v) is 12.1. The maximum atomic E-state index is 12.3. The van der Waals surface area contributed by atoms with Crippen LogP contribution in [0.15, 0.2) is 79.1 Å². The number of rotatable bonds is 4. The highest BCUT2D eigenvalue weighted by molar-refractivity contribution is 5.95. The van der Waals surface area contributed by atoms with Crippen LogP contribution in [0.4, 0.5) is 0 Å². The first-order chi connectivity index (χ1) is 10.8. The second-order valence-electron chi connectivity index (χ2n) is 4.99. The predicted octanol–water partition coefficient (Wildman–Crippen LogP) is 3.68. The van der Waals surface area contributed by atoms with Gasteiger partial charge < -0.3 is 5.32 Å². The van der Waals surface area contributed by atoms with Crippen molar-refractivity contribution in [2.24, 2.45) is 0 Å². The monoisotopic (exact) mass is 288 g/mol. The van der Waals surface area contributed by atoms with Crippen LogP contribution in [0.1, 0.15) is 15.9 Å². The van der Waals surface area contributed by atoms with Gasteiger partial charge in [0.1, 0.15) is 0 Å². The molecular formula is C19H16N2O. The molecule has 0 aliphatic rings. The molecule has 1 aromatic heterocycles. The first kappa shape index (κ1) is 14.0. The summed E-state index contributed by atoms with van der Waals surface area (Å²) in [6.45, 7) is 0.525. The maximum Gasteiger partial charge on any atom is 0.251 e. The van der Waals surface area contributed by atoms with Gasteiger partial charge >= 0.3 is 0 Å². The number of hydrogen-bond acceptors (Lipinski definition) is 2. The van der Waals surface area contributed by atoms with Crippen molar-refractivity contribution in [1.82, 2.24) is 10.3 Å². The normalized spacial score (nSPS) is 10.2. The molecule has 22 heavy (non-hydrogen) atoms. The number of pyridine rings is 1. The molecule has 0 atom stereocenters. The number of amides is 1. The molecule has 3 aromatic rings. The summed E-state index contributed by atoms with van der Waals surface area (Å²) in [6, 6.07) is 21.3. The number of nitrogens with zero attached hydrogens (tertiary/aromatic N) is 1. The van der Waals surface area contributed by atoms with E-state index in [1.807, 2.05) is 66.7 Å². The second kappa shape index (κ2) is 6.68. The molecule has 1 heterocycles. The topological polar surface area (TPSA) is 42.0 Å². The number of carbonyl (C=O) groups excluding carboxylic acids is 1. The molecule has 0 aliphatic carbocycles. The lowest BCUT2D eigenvalue weighted by molar-refractivity contribution is 0.0951. The Bertz CT molecular complexity index is 755. The second-order valence-corrected chi connectivity index (χ2v) is 4.99. The number of aromatic nitrogens is 1. The molecular weight excluding hydrogens is 272 g/mol. The lowest BCUT2D eigenvalue weighted by Gasteiger charge is -2.07. The molecule has 0 spiro atoms. The van der Waals surface area contributed by atoms with Crippen molar-refractivity contribution in [3.63, 3.8) is 0 Å². The lowest BCUT2D eigenvalue weighted by atomic mass is 10.0. The Morgan fingerprint density at radius 1 is 0.909 bits per heavy atom. The molecule has 3 nitrogen and oxygen atoms in total. The maximum absolute atomic E-state index is 12.3. The van der Waals surface area contributed by atoms with Crippen molar-refractivity contribution in [2.45, 2.75) is 6.54 Å². The lowest BCUT2D eigenvalue weighted by Crippen LogP contribution is -2.22. The van der Waals surface area contributed by atoms with E-state index in [1.165, 1.54) is 0 Å². The summed E-state index contributed by atoms with van der Waals surface area (Å²) in [7, 11) is 0. The molecule has 3 heteroatoms. The van der Waals surface area contributed by atoms with Crippen molar-refractivity contribution >= 4 is 5.91 Å². The van der Waals surface area contributed by atoms with Crippen LogP contribution >= 0.6 is 0 Å². The van der Waals surface area contributed by atoms with E-state index in [0.717, 1.165) is 16.7 Å². The van der Waals surface area contributed by atoms with E-state index in [4.69, 9.17) is 0 Å². The molecule has 1 amide bonds. The Morgan fingerprint density at radius 3 is 2.50 bits per heavy atom. The molecule has 3 rings (SSSR count). The Kier molecular flexibility index (Phi) is 4.25. The van der Waals surface area contributed by atoms with Crippen LogP contribution < -0.4 is 5.32 Å².